The Morgan fingerprint density at radius 3 is 2.08 bits per heavy atom. The highest BCUT2D eigenvalue weighted by molar-refractivity contribution is 5.83. The smallest absolute Gasteiger partial charge is 0.230 e. The lowest BCUT2D eigenvalue weighted by Gasteiger charge is -2.36. The Hall–Kier alpha value is -2.13. The molecule has 1 fully saturated rings. The predicted molar refractivity (Wildman–Crippen MR) is 97.8 cm³/mol. The molecule has 3 nitrogen and oxygen atoms in total. The number of rotatable bonds is 5. The van der Waals surface area contributed by atoms with Crippen LogP contribution in [0.4, 0.5) is 0 Å². The number of hydrogen-bond donors (Lipinski definition) is 0. The minimum Gasteiger partial charge on any atom is -0.340 e. The van der Waals surface area contributed by atoms with Gasteiger partial charge in [-0.1, -0.05) is 67.6 Å². The Morgan fingerprint density at radius 2 is 1.50 bits per heavy atom. The van der Waals surface area contributed by atoms with Gasteiger partial charge >= 0.3 is 0 Å². The van der Waals surface area contributed by atoms with Crippen LogP contribution in [0.3, 0.4) is 0 Å². The van der Waals surface area contributed by atoms with E-state index < -0.39 is 0 Å². The van der Waals surface area contributed by atoms with Crippen LogP contribution in [0.2, 0.25) is 0 Å². The van der Waals surface area contributed by atoms with Crippen LogP contribution in [0.25, 0.3) is 0 Å². The second-order valence-corrected chi connectivity index (χ2v) is 6.46. The van der Waals surface area contributed by atoms with Crippen LogP contribution in [-0.4, -0.2) is 41.9 Å². The van der Waals surface area contributed by atoms with E-state index in [4.69, 9.17) is 0 Å². The van der Waals surface area contributed by atoms with E-state index >= 15 is 0 Å². The zero-order chi connectivity index (χ0) is 16.8. The Kier molecular flexibility index (Phi) is 5.65. The number of nitrogens with zero attached hydrogens (tertiary/aromatic N) is 2. The first-order chi connectivity index (χ1) is 11.8. The highest BCUT2D eigenvalue weighted by Crippen LogP contribution is 2.23. The summed E-state index contributed by atoms with van der Waals surface area (Å²) in [5.74, 6) is 0.273. The van der Waals surface area contributed by atoms with E-state index in [-0.39, 0.29) is 11.8 Å². The Labute approximate surface area is 144 Å². The lowest BCUT2D eigenvalue weighted by molar-refractivity contribution is -0.134. The molecule has 2 aromatic rings. The van der Waals surface area contributed by atoms with Crippen molar-refractivity contribution in [3.8, 4) is 0 Å². The molecule has 3 heteroatoms. The summed E-state index contributed by atoms with van der Waals surface area (Å²) in [6.07, 6.45) is 0.854. The van der Waals surface area contributed by atoms with E-state index in [1.54, 1.807) is 0 Å². The molecule has 0 aliphatic carbocycles. The number of hydrogen-bond acceptors (Lipinski definition) is 2. The van der Waals surface area contributed by atoms with Crippen molar-refractivity contribution < 1.29 is 4.79 Å². The topological polar surface area (TPSA) is 23.6 Å². The molecule has 1 aliphatic rings. The molecule has 126 valence electrons. The van der Waals surface area contributed by atoms with Gasteiger partial charge in [-0.15, -0.1) is 0 Å². The lowest BCUT2D eigenvalue weighted by atomic mass is 9.95. The predicted octanol–water partition coefficient (Wildman–Crippen LogP) is 3.52. The number of amides is 1. The van der Waals surface area contributed by atoms with Gasteiger partial charge < -0.3 is 4.90 Å². The third-order valence-electron chi connectivity index (χ3n) is 4.84. The van der Waals surface area contributed by atoms with Crippen molar-refractivity contribution in [3.63, 3.8) is 0 Å². The summed E-state index contributed by atoms with van der Waals surface area (Å²) in [5.41, 5.74) is 2.48. The maximum absolute atomic E-state index is 12.9. The van der Waals surface area contributed by atoms with Crippen LogP contribution < -0.4 is 0 Å². The molecular formula is C21H26N2O. The fourth-order valence-corrected chi connectivity index (χ4v) is 3.43. The molecule has 1 heterocycles. The third kappa shape index (κ3) is 4.04. The lowest BCUT2D eigenvalue weighted by Crippen LogP contribution is -2.49. The molecule has 0 saturated carbocycles. The number of piperazine rings is 1. The molecule has 0 spiro atoms. The molecule has 1 saturated heterocycles. The van der Waals surface area contributed by atoms with Crippen molar-refractivity contribution in [2.45, 2.75) is 25.8 Å². The van der Waals surface area contributed by atoms with Crippen LogP contribution in [0.15, 0.2) is 60.7 Å². The first kappa shape index (κ1) is 16.7. The van der Waals surface area contributed by atoms with E-state index in [0.717, 1.165) is 44.7 Å². The zero-order valence-corrected chi connectivity index (χ0v) is 14.4. The summed E-state index contributed by atoms with van der Waals surface area (Å²) in [7, 11) is 0. The number of carbonyl (C=O) groups is 1. The van der Waals surface area contributed by atoms with Gasteiger partial charge in [-0.05, 0) is 17.5 Å². The zero-order valence-electron chi connectivity index (χ0n) is 14.4. The van der Waals surface area contributed by atoms with Gasteiger partial charge in [0.1, 0.15) is 0 Å². The fourth-order valence-electron chi connectivity index (χ4n) is 3.43. The molecule has 1 atom stereocenters. The fraction of sp³-hybridized carbons (Fsp3) is 0.381. The maximum atomic E-state index is 12.9. The molecule has 1 amide bonds. The molecule has 0 N–H and O–H groups in total. The van der Waals surface area contributed by atoms with E-state index in [9.17, 15) is 4.79 Å². The Balaban J connectivity index is 1.56. The SMILES string of the molecule is CC[C@@H](C(=O)N1CCN(Cc2ccccc2)CC1)c1ccccc1. The minimum atomic E-state index is -0.00752. The number of carbonyl (C=O) groups excluding carboxylic acids is 1. The quantitative estimate of drug-likeness (QED) is 0.841. The van der Waals surface area contributed by atoms with Crippen LogP contribution in [-0.2, 0) is 11.3 Å². The van der Waals surface area contributed by atoms with Crippen molar-refractivity contribution in [3.05, 3.63) is 71.8 Å². The monoisotopic (exact) mass is 322 g/mol. The molecular weight excluding hydrogens is 296 g/mol. The molecule has 0 radical (unpaired) electrons. The van der Waals surface area contributed by atoms with Gasteiger partial charge in [0.05, 0.1) is 5.92 Å². The van der Waals surface area contributed by atoms with Gasteiger partial charge in [-0.25, -0.2) is 0 Å². The van der Waals surface area contributed by atoms with Crippen molar-refractivity contribution in [1.82, 2.24) is 9.80 Å². The highest BCUT2D eigenvalue weighted by Gasteiger charge is 2.27. The molecule has 0 aromatic heterocycles. The summed E-state index contributed by atoms with van der Waals surface area (Å²) in [6, 6.07) is 20.7. The average molecular weight is 322 g/mol. The van der Waals surface area contributed by atoms with Gasteiger partial charge in [0.2, 0.25) is 5.91 Å². The first-order valence-corrected chi connectivity index (χ1v) is 8.88. The van der Waals surface area contributed by atoms with Gasteiger partial charge in [0.25, 0.3) is 0 Å². The molecule has 3 rings (SSSR count). The van der Waals surface area contributed by atoms with Crippen LogP contribution in [0.5, 0.6) is 0 Å². The van der Waals surface area contributed by atoms with E-state index in [2.05, 4.69) is 54.3 Å². The third-order valence-corrected chi connectivity index (χ3v) is 4.84. The van der Waals surface area contributed by atoms with Gasteiger partial charge in [-0.3, -0.25) is 9.69 Å². The highest BCUT2D eigenvalue weighted by atomic mass is 16.2. The molecule has 0 bridgehead atoms. The summed E-state index contributed by atoms with van der Waals surface area (Å²) < 4.78 is 0. The Morgan fingerprint density at radius 1 is 0.917 bits per heavy atom. The largest absolute Gasteiger partial charge is 0.340 e. The molecule has 2 aromatic carbocycles. The summed E-state index contributed by atoms with van der Waals surface area (Å²) in [5, 5.41) is 0. The minimum absolute atomic E-state index is 0.00752. The summed E-state index contributed by atoms with van der Waals surface area (Å²) in [4.78, 5) is 17.4. The van der Waals surface area contributed by atoms with Crippen molar-refractivity contribution >= 4 is 5.91 Å². The van der Waals surface area contributed by atoms with E-state index in [0.29, 0.717) is 0 Å². The summed E-state index contributed by atoms with van der Waals surface area (Å²) in [6.45, 7) is 6.63. The number of benzene rings is 2. The summed E-state index contributed by atoms with van der Waals surface area (Å²) >= 11 is 0. The second kappa shape index (κ2) is 8.11. The molecule has 1 aliphatic heterocycles. The average Bonchev–Trinajstić information content (AvgIpc) is 2.65. The van der Waals surface area contributed by atoms with Gasteiger partial charge in [0.15, 0.2) is 0 Å². The van der Waals surface area contributed by atoms with Crippen LogP contribution in [0.1, 0.15) is 30.4 Å². The van der Waals surface area contributed by atoms with E-state index in [1.807, 2.05) is 23.1 Å². The van der Waals surface area contributed by atoms with E-state index in [1.165, 1.54) is 5.56 Å². The van der Waals surface area contributed by atoms with Crippen molar-refractivity contribution in [1.29, 1.82) is 0 Å². The maximum Gasteiger partial charge on any atom is 0.230 e. The normalized spacial score (nSPS) is 16.8. The van der Waals surface area contributed by atoms with Gasteiger partial charge in [0, 0.05) is 32.7 Å². The van der Waals surface area contributed by atoms with Gasteiger partial charge in [-0.2, -0.15) is 0 Å². The standard InChI is InChI=1S/C21H26N2O/c1-2-20(19-11-7-4-8-12-19)21(24)23-15-13-22(14-16-23)17-18-9-5-3-6-10-18/h3-12,20H,2,13-17H2,1H3/t20-/m1/s1. The first-order valence-electron chi connectivity index (χ1n) is 8.88. The molecule has 24 heavy (non-hydrogen) atoms. The van der Waals surface area contributed by atoms with Crippen molar-refractivity contribution in [2.24, 2.45) is 0 Å². The van der Waals surface area contributed by atoms with Crippen LogP contribution >= 0.6 is 0 Å². The Bertz CT molecular complexity index is 633. The second-order valence-electron chi connectivity index (χ2n) is 6.46. The van der Waals surface area contributed by atoms with Crippen LogP contribution in [0, 0.1) is 0 Å². The van der Waals surface area contributed by atoms with Crippen molar-refractivity contribution in [2.75, 3.05) is 26.2 Å². The molecule has 0 unspecified atom stereocenters.